The van der Waals surface area contributed by atoms with Gasteiger partial charge in [-0.25, -0.2) is 0 Å². The number of rotatable bonds is 2. The third-order valence-electron chi connectivity index (χ3n) is 3.88. The standard InChI is InChI=1S/C15H18N2O5/c1-8-10(3-5-14(19)16-8)17-15(20)13-7-21-11-4-2-9(18)6-12(11)22-13/h2,4,6,8,10,13,18H,3,5,7H2,1H3,(H,16,19)(H,17,20). The fourth-order valence-electron chi connectivity index (χ4n) is 2.63. The Morgan fingerprint density at radius 2 is 2.23 bits per heavy atom. The van der Waals surface area contributed by atoms with Gasteiger partial charge in [0.05, 0.1) is 0 Å². The highest BCUT2D eigenvalue weighted by Gasteiger charge is 2.32. The van der Waals surface area contributed by atoms with Crippen LogP contribution in [-0.2, 0) is 9.59 Å². The molecule has 3 rings (SSSR count). The molecule has 3 unspecified atom stereocenters. The van der Waals surface area contributed by atoms with Gasteiger partial charge in [0, 0.05) is 24.6 Å². The summed E-state index contributed by atoms with van der Waals surface area (Å²) in [4.78, 5) is 23.6. The molecule has 2 aliphatic rings. The highest BCUT2D eigenvalue weighted by atomic mass is 16.6. The summed E-state index contributed by atoms with van der Waals surface area (Å²) in [5, 5.41) is 15.1. The first kappa shape index (κ1) is 14.5. The Labute approximate surface area is 127 Å². The van der Waals surface area contributed by atoms with Crippen molar-refractivity contribution in [2.75, 3.05) is 6.61 Å². The van der Waals surface area contributed by atoms with Crippen LogP contribution in [0.3, 0.4) is 0 Å². The van der Waals surface area contributed by atoms with Crippen molar-refractivity contribution < 1.29 is 24.2 Å². The molecule has 0 saturated carbocycles. The Morgan fingerprint density at radius 3 is 3.00 bits per heavy atom. The average molecular weight is 306 g/mol. The van der Waals surface area contributed by atoms with Crippen molar-refractivity contribution in [3.05, 3.63) is 18.2 Å². The van der Waals surface area contributed by atoms with Crippen molar-refractivity contribution in [3.63, 3.8) is 0 Å². The number of aromatic hydroxyl groups is 1. The molecule has 3 atom stereocenters. The molecular formula is C15H18N2O5. The van der Waals surface area contributed by atoms with E-state index in [4.69, 9.17) is 9.47 Å². The summed E-state index contributed by atoms with van der Waals surface area (Å²) in [6.07, 6.45) is 0.219. The number of carbonyl (C=O) groups excluding carboxylic acids is 2. The molecule has 7 nitrogen and oxygen atoms in total. The number of fused-ring (bicyclic) bond motifs is 1. The summed E-state index contributed by atoms with van der Waals surface area (Å²) >= 11 is 0. The molecule has 0 spiro atoms. The molecule has 2 amide bonds. The van der Waals surface area contributed by atoms with Crippen LogP contribution >= 0.6 is 0 Å². The molecule has 0 bridgehead atoms. The maximum absolute atomic E-state index is 12.3. The Morgan fingerprint density at radius 1 is 1.41 bits per heavy atom. The molecule has 118 valence electrons. The maximum Gasteiger partial charge on any atom is 0.264 e. The number of nitrogens with one attached hydrogen (secondary N) is 2. The zero-order valence-corrected chi connectivity index (χ0v) is 12.2. The predicted octanol–water partition coefficient (Wildman–Crippen LogP) is 0.315. The second kappa shape index (κ2) is 5.75. The van der Waals surface area contributed by atoms with E-state index in [0.29, 0.717) is 24.3 Å². The molecule has 1 saturated heterocycles. The predicted molar refractivity (Wildman–Crippen MR) is 76.8 cm³/mol. The fourth-order valence-corrected chi connectivity index (χ4v) is 2.63. The first-order valence-corrected chi connectivity index (χ1v) is 7.25. The monoisotopic (exact) mass is 306 g/mol. The molecule has 2 heterocycles. The zero-order valence-electron chi connectivity index (χ0n) is 12.2. The Balaban J connectivity index is 1.63. The van der Waals surface area contributed by atoms with Crippen molar-refractivity contribution in [1.29, 1.82) is 0 Å². The third kappa shape index (κ3) is 2.93. The highest BCUT2D eigenvalue weighted by Crippen LogP contribution is 2.34. The van der Waals surface area contributed by atoms with Gasteiger partial charge in [-0.2, -0.15) is 0 Å². The molecule has 0 aliphatic carbocycles. The number of carbonyl (C=O) groups is 2. The maximum atomic E-state index is 12.3. The van der Waals surface area contributed by atoms with Gasteiger partial charge in [-0.15, -0.1) is 0 Å². The lowest BCUT2D eigenvalue weighted by Gasteiger charge is -2.32. The number of benzene rings is 1. The van der Waals surface area contributed by atoms with Gasteiger partial charge < -0.3 is 25.2 Å². The normalized spacial score (nSPS) is 27.0. The van der Waals surface area contributed by atoms with Crippen LogP contribution in [0.4, 0.5) is 0 Å². The second-order valence-corrected chi connectivity index (χ2v) is 5.56. The quantitative estimate of drug-likeness (QED) is 0.731. The summed E-state index contributed by atoms with van der Waals surface area (Å²) in [6, 6.07) is 4.26. The van der Waals surface area contributed by atoms with Crippen molar-refractivity contribution in [2.24, 2.45) is 0 Å². The molecule has 7 heteroatoms. The van der Waals surface area contributed by atoms with Crippen LogP contribution in [0.5, 0.6) is 17.2 Å². The molecule has 0 aromatic heterocycles. The molecule has 0 radical (unpaired) electrons. The third-order valence-corrected chi connectivity index (χ3v) is 3.88. The van der Waals surface area contributed by atoms with E-state index >= 15 is 0 Å². The zero-order chi connectivity index (χ0) is 15.7. The summed E-state index contributed by atoms with van der Waals surface area (Å²) in [7, 11) is 0. The van der Waals surface area contributed by atoms with E-state index in [2.05, 4.69) is 10.6 Å². The van der Waals surface area contributed by atoms with Gasteiger partial charge in [-0.1, -0.05) is 0 Å². The minimum atomic E-state index is -0.779. The summed E-state index contributed by atoms with van der Waals surface area (Å²) < 4.78 is 11.1. The van der Waals surface area contributed by atoms with Crippen LogP contribution in [0.15, 0.2) is 18.2 Å². The highest BCUT2D eigenvalue weighted by molar-refractivity contribution is 5.83. The Hall–Kier alpha value is -2.44. The van der Waals surface area contributed by atoms with Crippen molar-refractivity contribution in [2.45, 2.75) is 38.0 Å². The summed E-state index contributed by atoms with van der Waals surface area (Å²) in [6.45, 7) is 1.96. The van der Waals surface area contributed by atoms with Gasteiger partial charge in [0.25, 0.3) is 5.91 Å². The van der Waals surface area contributed by atoms with E-state index in [9.17, 15) is 14.7 Å². The number of hydrogen-bond acceptors (Lipinski definition) is 5. The number of phenolic OH excluding ortho intramolecular Hbond substituents is 1. The smallest absolute Gasteiger partial charge is 0.264 e. The van der Waals surface area contributed by atoms with Gasteiger partial charge in [-0.3, -0.25) is 9.59 Å². The SMILES string of the molecule is CC1NC(=O)CCC1NC(=O)C1COc2ccc(O)cc2O1. The van der Waals surface area contributed by atoms with E-state index < -0.39 is 6.10 Å². The fraction of sp³-hybridized carbons (Fsp3) is 0.467. The Bertz CT molecular complexity index is 604. The van der Waals surface area contributed by atoms with Crippen LogP contribution in [-0.4, -0.2) is 41.7 Å². The number of piperidine rings is 1. The average Bonchev–Trinajstić information content (AvgIpc) is 2.49. The first-order chi connectivity index (χ1) is 10.5. The summed E-state index contributed by atoms with van der Waals surface area (Å²) in [5.41, 5.74) is 0. The number of hydrogen-bond donors (Lipinski definition) is 3. The summed E-state index contributed by atoms with van der Waals surface area (Å²) in [5.74, 6) is 0.602. The topological polar surface area (TPSA) is 96.9 Å². The van der Waals surface area contributed by atoms with Crippen LogP contribution < -0.4 is 20.1 Å². The van der Waals surface area contributed by atoms with E-state index in [1.165, 1.54) is 12.1 Å². The molecule has 1 aromatic carbocycles. The first-order valence-electron chi connectivity index (χ1n) is 7.25. The largest absolute Gasteiger partial charge is 0.508 e. The van der Waals surface area contributed by atoms with Crippen LogP contribution in [0.1, 0.15) is 19.8 Å². The van der Waals surface area contributed by atoms with E-state index in [1.807, 2.05) is 6.92 Å². The van der Waals surface area contributed by atoms with E-state index in [-0.39, 0.29) is 36.3 Å². The van der Waals surface area contributed by atoms with E-state index in [1.54, 1.807) is 6.07 Å². The van der Waals surface area contributed by atoms with Gasteiger partial charge in [0.2, 0.25) is 12.0 Å². The van der Waals surface area contributed by atoms with Gasteiger partial charge in [0.1, 0.15) is 12.4 Å². The lowest BCUT2D eigenvalue weighted by molar-refractivity contribution is -0.133. The number of ether oxygens (including phenoxy) is 2. The molecular weight excluding hydrogens is 288 g/mol. The lowest BCUT2D eigenvalue weighted by atomic mass is 9.99. The Kier molecular flexibility index (Phi) is 3.79. The lowest BCUT2D eigenvalue weighted by Crippen LogP contribution is -2.57. The molecule has 22 heavy (non-hydrogen) atoms. The van der Waals surface area contributed by atoms with Crippen LogP contribution in [0, 0.1) is 0 Å². The molecule has 2 aliphatic heterocycles. The van der Waals surface area contributed by atoms with Crippen LogP contribution in [0.25, 0.3) is 0 Å². The van der Waals surface area contributed by atoms with Crippen molar-refractivity contribution in [1.82, 2.24) is 10.6 Å². The molecule has 1 aromatic rings. The van der Waals surface area contributed by atoms with Crippen molar-refractivity contribution >= 4 is 11.8 Å². The van der Waals surface area contributed by atoms with E-state index in [0.717, 1.165) is 0 Å². The molecule has 1 fully saturated rings. The van der Waals surface area contributed by atoms with Gasteiger partial charge in [0.15, 0.2) is 11.5 Å². The van der Waals surface area contributed by atoms with Gasteiger partial charge in [-0.05, 0) is 25.5 Å². The minimum Gasteiger partial charge on any atom is -0.508 e. The molecule has 3 N–H and O–H groups in total. The van der Waals surface area contributed by atoms with Crippen LogP contribution in [0.2, 0.25) is 0 Å². The number of amides is 2. The minimum absolute atomic E-state index is 0.000323. The van der Waals surface area contributed by atoms with Gasteiger partial charge >= 0.3 is 0 Å². The second-order valence-electron chi connectivity index (χ2n) is 5.56. The van der Waals surface area contributed by atoms with Crippen molar-refractivity contribution in [3.8, 4) is 17.2 Å². The number of phenols is 1.